The Labute approximate surface area is 167 Å². The lowest BCUT2D eigenvalue weighted by Crippen LogP contribution is -2.30. The molecule has 0 radical (unpaired) electrons. The summed E-state index contributed by atoms with van der Waals surface area (Å²) in [6.07, 6.45) is 7.15. The molecular formula is C20H21F2N5O2. The van der Waals surface area contributed by atoms with Crippen molar-refractivity contribution in [3.05, 3.63) is 60.2 Å². The van der Waals surface area contributed by atoms with Crippen LogP contribution in [0.1, 0.15) is 31.7 Å². The number of amides is 1. The van der Waals surface area contributed by atoms with E-state index >= 15 is 0 Å². The van der Waals surface area contributed by atoms with Gasteiger partial charge in [0.1, 0.15) is 5.82 Å². The van der Waals surface area contributed by atoms with Gasteiger partial charge in [0.25, 0.3) is 5.90 Å². The van der Waals surface area contributed by atoms with Crippen molar-refractivity contribution in [1.82, 2.24) is 10.5 Å². The number of amidine groups is 1. The maximum absolute atomic E-state index is 13.3. The van der Waals surface area contributed by atoms with Crippen LogP contribution in [0.3, 0.4) is 0 Å². The van der Waals surface area contributed by atoms with Crippen LogP contribution in [0.5, 0.6) is 0 Å². The average Bonchev–Trinajstić information content (AvgIpc) is 2.90. The van der Waals surface area contributed by atoms with Crippen LogP contribution < -0.4 is 5.59 Å². The summed E-state index contributed by atoms with van der Waals surface area (Å²) in [6, 6.07) is 5.73. The standard InChI is InChI=1S/C20H21F2N5O2/c1-2-4-17(22)23-10-12-27-11-3-5-15(13-18(27)28)19-24-20(29-26-25-19)14-6-8-16(21)9-7-14/h2,4,6-10,12,15,26H,3,5,11,13H2,1H3/b4-2-,12-10+,23-17+. The number of aliphatic imine (C=N–C) groups is 2. The van der Waals surface area contributed by atoms with Gasteiger partial charge >= 0.3 is 0 Å². The molecule has 1 atom stereocenters. The lowest BCUT2D eigenvalue weighted by atomic mass is 9.99. The molecule has 0 saturated carbocycles. The zero-order valence-electron chi connectivity index (χ0n) is 15.9. The summed E-state index contributed by atoms with van der Waals surface area (Å²) in [5.41, 5.74) is 3.05. The lowest BCUT2D eigenvalue weighted by molar-refractivity contribution is -0.128. The molecule has 1 unspecified atom stereocenters. The highest BCUT2D eigenvalue weighted by Gasteiger charge is 2.28. The number of hydrogen-bond donors (Lipinski definition) is 1. The molecule has 0 aromatic heterocycles. The number of hydrazone groups is 1. The molecule has 2 aliphatic rings. The van der Waals surface area contributed by atoms with Crippen molar-refractivity contribution in [2.24, 2.45) is 21.0 Å². The maximum Gasteiger partial charge on any atom is 0.256 e. The number of allylic oxidation sites excluding steroid dienone is 2. The molecule has 1 aromatic rings. The first-order valence-corrected chi connectivity index (χ1v) is 9.23. The summed E-state index contributed by atoms with van der Waals surface area (Å²) in [7, 11) is 0. The Morgan fingerprint density at radius 3 is 2.93 bits per heavy atom. The molecule has 1 saturated heterocycles. The largest absolute Gasteiger partial charge is 0.344 e. The Kier molecular flexibility index (Phi) is 6.83. The third-order valence-electron chi connectivity index (χ3n) is 4.42. The number of likely N-dealkylation sites (tertiary alicyclic amines) is 1. The molecule has 9 heteroatoms. The molecule has 29 heavy (non-hydrogen) atoms. The van der Waals surface area contributed by atoms with Crippen LogP contribution in [-0.4, -0.2) is 35.1 Å². The van der Waals surface area contributed by atoms with E-state index in [2.05, 4.69) is 20.7 Å². The highest BCUT2D eigenvalue weighted by molar-refractivity contribution is 6.05. The third kappa shape index (κ3) is 5.56. The monoisotopic (exact) mass is 401 g/mol. The fraction of sp³-hybridized carbons (Fsp3) is 0.300. The Bertz CT molecular complexity index is 891. The summed E-state index contributed by atoms with van der Waals surface area (Å²) >= 11 is 0. The minimum absolute atomic E-state index is 0.127. The van der Waals surface area contributed by atoms with E-state index in [-0.39, 0.29) is 30.0 Å². The van der Waals surface area contributed by atoms with Crippen molar-refractivity contribution in [2.75, 3.05) is 6.54 Å². The second kappa shape index (κ2) is 9.72. The molecule has 0 bridgehead atoms. The van der Waals surface area contributed by atoms with E-state index in [9.17, 15) is 13.6 Å². The minimum Gasteiger partial charge on any atom is -0.344 e. The Hall–Kier alpha value is -3.36. The van der Waals surface area contributed by atoms with Gasteiger partial charge in [0.05, 0.1) is 0 Å². The van der Waals surface area contributed by atoms with Crippen molar-refractivity contribution in [1.29, 1.82) is 0 Å². The molecule has 3 rings (SSSR count). The number of nitrogens with one attached hydrogen (secondary N) is 1. The van der Waals surface area contributed by atoms with Crippen LogP contribution in [0, 0.1) is 11.7 Å². The molecule has 0 spiro atoms. The molecule has 2 heterocycles. The van der Waals surface area contributed by atoms with Crippen molar-refractivity contribution >= 4 is 23.6 Å². The van der Waals surface area contributed by atoms with Gasteiger partial charge in [-0.15, -0.1) is 10.7 Å². The predicted octanol–water partition coefficient (Wildman–Crippen LogP) is 3.46. The Morgan fingerprint density at radius 2 is 2.17 bits per heavy atom. The number of rotatable bonds is 5. The first-order chi connectivity index (χ1) is 14.1. The zero-order chi connectivity index (χ0) is 20.6. The molecule has 0 aliphatic carbocycles. The summed E-state index contributed by atoms with van der Waals surface area (Å²) in [6.45, 7) is 2.19. The molecule has 2 aliphatic heterocycles. The van der Waals surface area contributed by atoms with Crippen molar-refractivity contribution in [2.45, 2.75) is 26.2 Å². The van der Waals surface area contributed by atoms with Crippen molar-refractivity contribution in [3.63, 3.8) is 0 Å². The molecule has 1 aromatic carbocycles. The van der Waals surface area contributed by atoms with Gasteiger partial charge in [0, 0.05) is 36.8 Å². The minimum atomic E-state index is -0.630. The molecule has 1 N–H and O–H groups in total. The van der Waals surface area contributed by atoms with Crippen molar-refractivity contribution < 1.29 is 18.4 Å². The molecule has 1 fully saturated rings. The topological polar surface area (TPSA) is 78.7 Å². The average molecular weight is 401 g/mol. The maximum atomic E-state index is 13.3. The smallest absolute Gasteiger partial charge is 0.256 e. The van der Waals surface area contributed by atoms with Crippen LogP contribution in [-0.2, 0) is 9.63 Å². The predicted molar refractivity (Wildman–Crippen MR) is 106 cm³/mol. The van der Waals surface area contributed by atoms with E-state index in [1.165, 1.54) is 41.6 Å². The first-order valence-electron chi connectivity index (χ1n) is 9.23. The van der Waals surface area contributed by atoms with Crippen LogP contribution in [0.25, 0.3) is 0 Å². The van der Waals surface area contributed by atoms with Crippen LogP contribution >= 0.6 is 0 Å². The van der Waals surface area contributed by atoms with Gasteiger partial charge in [0.15, 0.2) is 5.84 Å². The Balaban J connectivity index is 1.68. The zero-order valence-corrected chi connectivity index (χ0v) is 15.9. The number of halogens is 2. The lowest BCUT2D eigenvalue weighted by Gasteiger charge is -2.19. The molecule has 7 nitrogen and oxygen atoms in total. The highest BCUT2D eigenvalue weighted by Crippen LogP contribution is 2.22. The number of carbonyl (C=O) groups excluding carboxylic acids is 1. The number of nitrogens with zero attached hydrogens (tertiary/aromatic N) is 4. The molecule has 152 valence electrons. The van der Waals surface area contributed by atoms with Gasteiger partial charge in [-0.05, 0) is 50.1 Å². The van der Waals surface area contributed by atoms with Crippen molar-refractivity contribution in [3.8, 4) is 0 Å². The van der Waals surface area contributed by atoms with E-state index < -0.39 is 5.97 Å². The second-order valence-electron chi connectivity index (χ2n) is 6.47. The SMILES string of the molecule is C\C=C/C(F)=N\C=C\N1CCCC(C2=NNOC(c3ccc(F)cc3)=N2)CC1=O. The second-order valence-corrected chi connectivity index (χ2v) is 6.47. The number of carbonyl (C=O) groups is 1. The number of hydrogen-bond acceptors (Lipinski definition) is 6. The molecular weight excluding hydrogens is 380 g/mol. The van der Waals surface area contributed by atoms with Gasteiger partial charge < -0.3 is 9.74 Å². The van der Waals surface area contributed by atoms with Gasteiger partial charge in [-0.2, -0.15) is 9.38 Å². The first kappa shape index (κ1) is 20.4. The van der Waals surface area contributed by atoms with E-state index in [1.807, 2.05) is 0 Å². The van der Waals surface area contributed by atoms with Gasteiger partial charge in [-0.3, -0.25) is 4.79 Å². The highest BCUT2D eigenvalue weighted by atomic mass is 19.1. The summed E-state index contributed by atoms with van der Waals surface area (Å²) in [5.74, 6) is -0.600. The fourth-order valence-electron chi connectivity index (χ4n) is 2.97. The Morgan fingerprint density at radius 1 is 1.38 bits per heavy atom. The third-order valence-corrected chi connectivity index (χ3v) is 4.42. The van der Waals surface area contributed by atoms with E-state index in [4.69, 9.17) is 4.84 Å². The quantitative estimate of drug-likeness (QED) is 0.768. The van der Waals surface area contributed by atoms with E-state index in [0.29, 0.717) is 24.4 Å². The van der Waals surface area contributed by atoms with E-state index in [1.54, 1.807) is 19.1 Å². The summed E-state index contributed by atoms with van der Waals surface area (Å²) in [4.78, 5) is 27.4. The van der Waals surface area contributed by atoms with Crippen LogP contribution in [0.2, 0.25) is 0 Å². The van der Waals surface area contributed by atoms with Gasteiger partial charge in [-0.1, -0.05) is 6.08 Å². The van der Waals surface area contributed by atoms with Gasteiger partial charge in [0.2, 0.25) is 11.9 Å². The van der Waals surface area contributed by atoms with Crippen LogP contribution in [0.15, 0.2) is 63.9 Å². The van der Waals surface area contributed by atoms with Crippen LogP contribution in [0.4, 0.5) is 8.78 Å². The summed E-state index contributed by atoms with van der Waals surface area (Å²) in [5, 5.41) is 4.07. The summed E-state index contributed by atoms with van der Waals surface area (Å²) < 4.78 is 26.4. The molecule has 1 amide bonds. The van der Waals surface area contributed by atoms with Gasteiger partial charge in [-0.25, -0.2) is 9.38 Å². The van der Waals surface area contributed by atoms with E-state index in [0.717, 1.165) is 6.42 Å². The number of benzene rings is 1. The normalized spacial score (nSPS) is 20.9. The fourth-order valence-corrected chi connectivity index (χ4v) is 2.97.